The summed E-state index contributed by atoms with van der Waals surface area (Å²) in [6, 6.07) is 34.1. The summed E-state index contributed by atoms with van der Waals surface area (Å²) in [5.74, 6) is 0.647. The van der Waals surface area contributed by atoms with Crippen molar-refractivity contribution in [2.45, 2.75) is 51.7 Å². The Bertz CT molecular complexity index is 2480. The van der Waals surface area contributed by atoms with Gasteiger partial charge in [-0.3, -0.25) is 4.57 Å². The van der Waals surface area contributed by atoms with Gasteiger partial charge in [0, 0.05) is 27.1 Å². The average Bonchev–Trinajstić information content (AvgIpc) is 3.54. The fourth-order valence-corrected chi connectivity index (χ4v) is 7.24. The van der Waals surface area contributed by atoms with Crippen LogP contribution >= 0.6 is 0 Å². The maximum absolute atomic E-state index is 6.54. The van der Waals surface area contributed by atoms with E-state index in [0.717, 1.165) is 51.5 Å². The van der Waals surface area contributed by atoms with Crippen LogP contribution < -0.4 is 15.9 Å². The Balaban J connectivity index is 1.44. The molecule has 1 saturated heterocycles. The third-order valence-corrected chi connectivity index (χ3v) is 10.3. The van der Waals surface area contributed by atoms with E-state index in [4.69, 9.17) is 19.3 Å². The predicted octanol–water partition coefficient (Wildman–Crippen LogP) is 7.20. The summed E-state index contributed by atoms with van der Waals surface area (Å²) in [4.78, 5) is 10.6. The van der Waals surface area contributed by atoms with E-state index in [-0.39, 0.29) is 0 Å². The molecule has 2 aromatic heterocycles. The molecule has 224 valence electrons. The van der Waals surface area contributed by atoms with E-state index in [1.807, 2.05) is 12.1 Å². The molecule has 0 saturated carbocycles. The highest BCUT2D eigenvalue weighted by Crippen LogP contribution is 2.38. The van der Waals surface area contributed by atoms with Gasteiger partial charge in [0.2, 0.25) is 5.95 Å². The van der Waals surface area contributed by atoms with E-state index < -0.39 is 18.3 Å². The predicted molar refractivity (Wildman–Crippen MR) is 190 cm³/mol. The Morgan fingerprint density at radius 3 is 2.07 bits per heavy atom. The van der Waals surface area contributed by atoms with Crippen LogP contribution in [0.2, 0.25) is 0 Å². The normalized spacial score (nSPS) is 17.0. The van der Waals surface area contributed by atoms with Gasteiger partial charge in [0.05, 0.1) is 33.4 Å². The van der Waals surface area contributed by atoms with Gasteiger partial charge in [0.1, 0.15) is 0 Å². The Morgan fingerprint density at radius 2 is 1.30 bits per heavy atom. The van der Waals surface area contributed by atoms with E-state index in [2.05, 4.69) is 129 Å². The minimum atomic E-state index is -0.483. The van der Waals surface area contributed by atoms with E-state index in [1.165, 1.54) is 32.0 Å². The average molecular weight is 600 g/mol. The van der Waals surface area contributed by atoms with Gasteiger partial charge < -0.3 is 9.31 Å². The summed E-state index contributed by atoms with van der Waals surface area (Å²) in [6.45, 7) is 8.39. The number of rotatable bonds is 3. The van der Waals surface area contributed by atoms with Crippen LogP contribution in [0.1, 0.15) is 40.5 Å². The van der Waals surface area contributed by atoms with Crippen molar-refractivity contribution < 1.29 is 9.31 Å². The van der Waals surface area contributed by atoms with Crippen molar-refractivity contribution in [3.63, 3.8) is 0 Å². The molecule has 2 aliphatic rings. The molecule has 1 aliphatic carbocycles. The van der Waals surface area contributed by atoms with Crippen LogP contribution in [-0.4, -0.2) is 32.9 Å². The lowest BCUT2D eigenvalue weighted by Crippen LogP contribution is -2.41. The highest BCUT2D eigenvalue weighted by Gasteiger charge is 2.51. The number of hydrogen-bond donors (Lipinski definition) is 0. The first-order valence-corrected chi connectivity index (χ1v) is 16.2. The first kappa shape index (κ1) is 27.5. The summed E-state index contributed by atoms with van der Waals surface area (Å²) in [7, 11) is -0.483. The van der Waals surface area contributed by atoms with Crippen LogP contribution in [0.25, 0.3) is 72.8 Å². The second-order valence-corrected chi connectivity index (χ2v) is 13.5. The molecule has 0 amide bonds. The van der Waals surface area contributed by atoms with Gasteiger partial charge in [-0.15, -0.1) is 0 Å². The summed E-state index contributed by atoms with van der Waals surface area (Å²) in [5.41, 5.74) is 5.15. The highest BCUT2D eigenvalue weighted by atomic mass is 16.7. The van der Waals surface area contributed by atoms with Crippen molar-refractivity contribution in [1.82, 2.24) is 14.5 Å². The molecule has 46 heavy (non-hydrogen) atoms. The largest absolute Gasteiger partial charge is 0.494 e. The Hall–Kier alpha value is -4.78. The smallest absolute Gasteiger partial charge is 0.399 e. The van der Waals surface area contributed by atoms with E-state index in [9.17, 15) is 0 Å². The third-order valence-electron chi connectivity index (χ3n) is 10.3. The molecule has 5 aromatic carbocycles. The lowest BCUT2D eigenvalue weighted by molar-refractivity contribution is 0.00578. The maximum atomic E-state index is 6.54. The van der Waals surface area contributed by atoms with Gasteiger partial charge in [-0.2, -0.15) is 0 Å². The fourth-order valence-electron chi connectivity index (χ4n) is 7.24. The number of nitrogens with zero attached hydrogens (tertiary/aromatic N) is 3. The molecular formula is C40H34BN3O2. The van der Waals surface area contributed by atoms with E-state index >= 15 is 0 Å². The van der Waals surface area contributed by atoms with Crippen LogP contribution in [0.15, 0.2) is 97.1 Å². The monoisotopic (exact) mass is 599 g/mol. The number of fused-ring (bicyclic) bond motifs is 9. The van der Waals surface area contributed by atoms with Crippen molar-refractivity contribution in [2.75, 3.05) is 0 Å². The zero-order valence-corrected chi connectivity index (χ0v) is 26.5. The minimum Gasteiger partial charge on any atom is -0.399 e. The quantitative estimate of drug-likeness (QED) is 0.202. The molecule has 9 rings (SSSR count). The molecule has 3 heterocycles. The van der Waals surface area contributed by atoms with E-state index in [1.54, 1.807) is 0 Å². The van der Waals surface area contributed by atoms with Gasteiger partial charge in [-0.1, -0.05) is 97.1 Å². The molecule has 0 spiro atoms. The zero-order chi connectivity index (χ0) is 31.2. The molecule has 0 unspecified atom stereocenters. The topological polar surface area (TPSA) is 49.2 Å². The Kier molecular flexibility index (Phi) is 5.90. The molecule has 6 heteroatoms. The summed E-state index contributed by atoms with van der Waals surface area (Å²) in [5, 5.41) is 8.47. The fraction of sp³-hybridized carbons (Fsp3) is 0.200. The molecule has 0 radical (unpaired) electrons. The maximum Gasteiger partial charge on any atom is 0.494 e. The number of hydrogen-bond acceptors (Lipinski definition) is 4. The van der Waals surface area contributed by atoms with Crippen LogP contribution in [0, 0.1) is 0 Å². The summed E-state index contributed by atoms with van der Waals surface area (Å²) >= 11 is 0. The summed E-state index contributed by atoms with van der Waals surface area (Å²) in [6.07, 6.45) is 6.87. The van der Waals surface area contributed by atoms with Gasteiger partial charge >= 0.3 is 7.12 Å². The van der Waals surface area contributed by atoms with Gasteiger partial charge in [0.15, 0.2) is 0 Å². The highest BCUT2D eigenvalue weighted by molar-refractivity contribution is 6.62. The van der Waals surface area contributed by atoms with Crippen molar-refractivity contribution in [3.05, 3.63) is 107 Å². The van der Waals surface area contributed by atoms with Crippen LogP contribution in [-0.2, 0) is 9.31 Å². The summed E-state index contributed by atoms with van der Waals surface area (Å²) < 4.78 is 15.4. The third kappa shape index (κ3) is 3.97. The molecule has 1 aliphatic heterocycles. The van der Waals surface area contributed by atoms with Crippen molar-refractivity contribution in [2.24, 2.45) is 0 Å². The van der Waals surface area contributed by atoms with Crippen LogP contribution in [0.4, 0.5) is 0 Å². The second kappa shape index (κ2) is 9.86. The van der Waals surface area contributed by atoms with Crippen molar-refractivity contribution in [3.8, 4) is 17.2 Å². The molecule has 7 aromatic rings. The first-order chi connectivity index (χ1) is 22.3. The van der Waals surface area contributed by atoms with Gasteiger partial charge in [-0.05, 0) is 74.0 Å². The van der Waals surface area contributed by atoms with Gasteiger partial charge in [0.25, 0.3) is 0 Å². The number of para-hydroxylation sites is 1. The minimum absolute atomic E-state index is 0.439. The SMILES string of the molecule is CC1(C)OB(c2ccc3c4c5c(c6ccccc6c4n(-c4nc(-c6ccccc6)c6ccccc6n4)c3c2)=CCCC=5)OC1(C)C. The lowest BCUT2D eigenvalue weighted by Gasteiger charge is -2.32. The van der Waals surface area contributed by atoms with Gasteiger partial charge in [-0.25, -0.2) is 9.97 Å². The zero-order valence-electron chi connectivity index (χ0n) is 26.5. The number of aromatic nitrogens is 3. The first-order valence-electron chi connectivity index (χ1n) is 16.2. The molecule has 0 atom stereocenters. The second-order valence-electron chi connectivity index (χ2n) is 13.5. The molecular weight excluding hydrogens is 565 g/mol. The standard InChI is InChI=1S/C40H34BN3O2/c1-39(2)40(3,4)46-41(45-39)26-22-23-32-34(24-26)44(37-30-19-11-9-17-28(30)27-16-8-10-18-29(27)35(32)37)38-42-33-21-13-12-20-31(33)36(43-38)25-14-6-5-7-15-25/h5-7,9,11-24H,8,10H2,1-4H3. The molecule has 0 bridgehead atoms. The van der Waals surface area contributed by atoms with Crippen LogP contribution in [0.3, 0.4) is 0 Å². The van der Waals surface area contributed by atoms with Crippen molar-refractivity contribution >= 4 is 68.2 Å². The molecule has 5 nitrogen and oxygen atoms in total. The lowest BCUT2D eigenvalue weighted by atomic mass is 9.78. The Labute approximate surface area is 268 Å². The van der Waals surface area contributed by atoms with Crippen molar-refractivity contribution in [1.29, 1.82) is 0 Å². The van der Waals surface area contributed by atoms with E-state index in [0.29, 0.717) is 5.95 Å². The van der Waals surface area contributed by atoms with Crippen LogP contribution in [0.5, 0.6) is 0 Å². The Morgan fingerprint density at radius 1 is 0.652 bits per heavy atom. The number of benzene rings is 5. The molecule has 1 fully saturated rings. The molecule has 0 N–H and O–H groups in total.